The molecule has 0 aliphatic heterocycles. The SMILES string of the molecule is [CH2]Cc1ccc(-n2c(CC)nc3cc(C)cnc32)cc1. The molecule has 0 amide bonds. The highest BCUT2D eigenvalue weighted by Crippen LogP contribution is 2.21. The number of fused-ring (bicyclic) bond motifs is 1. The molecule has 0 spiro atoms. The summed E-state index contributed by atoms with van der Waals surface area (Å²) < 4.78 is 2.14. The number of hydrogen-bond acceptors (Lipinski definition) is 2. The molecular formula is C17H18N3. The Labute approximate surface area is 119 Å². The van der Waals surface area contributed by atoms with Gasteiger partial charge in [-0.15, -0.1) is 0 Å². The number of imidazole rings is 1. The average Bonchev–Trinajstić information content (AvgIpc) is 2.84. The molecular weight excluding hydrogens is 246 g/mol. The molecule has 3 nitrogen and oxygen atoms in total. The van der Waals surface area contributed by atoms with Crippen LogP contribution in [-0.2, 0) is 12.8 Å². The third kappa shape index (κ3) is 2.09. The van der Waals surface area contributed by atoms with E-state index in [0.717, 1.165) is 41.1 Å². The van der Waals surface area contributed by atoms with Crippen LogP contribution in [0.3, 0.4) is 0 Å². The molecule has 3 aromatic rings. The Morgan fingerprint density at radius 3 is 2.60 bits per heavy atom. The maximum atomic E-state index is 4.70. The predicted octanol–water partition coefficient (Wildman–Crippen LogP) is 3.67. The number of pyridine rings is 1. The van der Waals surface area contributed by atoms with E-state index >= 15 is 0 Å². The second kappa shape index (κ2) is 5.08. The summed E-state index contributed by atoms with van der Waals surface area (Å²) in [7, 11) is 0. The first-order chi connectivity index (χ1) is 9.72. The Bertz CT molecular complexity index is 739. The van der Waals surface area contributed by atoms with Crippen LogP contribution in [0, 0.1) is 13.8 Å². The van der Waals surface area contributed by atoms with Crippen LogP contribution in [0.15, 0.2) is 36.5 Å². The highest BCUT2D eigenvalue weighted by atomic mass is 15.1. The van der Waals surface area contributed by atoms with Gasteiger partial charge in [0.15, 0.2) is 5.65 Å². The molecule has 0 bridgehead atoms. The van der Waals surface area contributed by atoms with E-state index in [0.29, 0.717) is 0 Å². The Morgan fingerprint density at radius 2 is 1.95 bits per heavy atom. The second-order valence-electron chi connectivity index (χ2n) is 4.99. The lowest BCUT2D eigenvalue weighted by Crippen LogP contribution is -2.01. The molecule has 0 aliphatic carbocycles. The quantitative estimate of drug-likeness (QED) is 0.722. The molecule has 20 heavy (non-hydrogen) atoms. The molecule has 3 rings (SSSR count). The summed E-state index contributed by atoms with van der Waals surface area (Å²) in [4.78, 5) is 9.26. The van der Waals surface area contributed by atoms with Crippen molar-refractivity contribution in [3.05, 3.63) is 60.4 Å². The van der Waals surface area contributed by atoms with Crippen LogP contribution >= 0.6 is 0 Å². The minimum absolute atomic E-state index is 0.809. The average molecular weight is 264 g/mol. The fourth-order valence-electron chi connectivity index (χ4n) is 2.43. The number of aryl methyl sites for hydroxylation is 2. The summed E-state index contributed by atoms with van der Waals surface area (Å²) in [6.07, 6.45) is 3.58. The smallest absolute Gasteiger partial charge is 0.164 e. The van der Waals surface area contributed by atoms with E-state index in [9.17, 15) is 0 Å². The van der Waals surface area contributed by atoms with E-state index in [1.54, 1.807) is 0 Å². The van der Waals surface area contributed by atoms with Gasteiger partial charge >= 0.3 is 0 Å². The van der Waals surface area contributed by atoms with E-state index in [4.69, 9.17) is 4.98 Å². The van der Waals surface area contributed by atoms with Crippen molar-refractivity contribution >= 4 is 11.2 Å². The van der Waals surface area contributed by atoms with Crippen LogP contribution in [0.25, 0.3) is 16.9 Å². The molecule has 3 heteroatoms. The van der Waals surface area contributed by atoms with Gasteiger partial charge in [0.25, 0.3) is 0 Å². The normalized spacial score (nSPS) is 11.2. The van der Waals surface area contributed by atoms with E-state index in [1.807, 2.05) is 13.1 Å². The van der Waals surface area contributed by atoms with E-state index < -0.39 is 0 Å². The third-order valence-electron chi connectivity index (χ3n) is 3.50. The molecule has 2 aromatic heterocycles. The van der Waals surface area contributed by atoms with Gasteiger partial charge in [-0.1, -0.05) is 19.1 Å². The maximum absolute atomic E-state index is 4.70. The van der Waals surface area contributed by atoms with Crippen molar-refractivity contribution in [1.82, 2.24) is 14.5 Å². The molecule has 0 aliphatic rings. The first-order valence-corrected chi connectivity index (χ1v) is 6.95. The minimum atomic E-state index is 0.809. The van der Waals surface area contributed by atoms with Crippen molar-refractivity contribution < 1.29 is 0 Å². The van der Waals surface area contributed by atoms with Gasteiger partial charge in [0.2, 0.25) is 0 Å². The lowest BCUT2D eigenvalue weighted by atomic mass is 10.1. The van der Waals surface area contributed by atoms with Gasteiger partial charge in [0, 0.05) is 18.3 Å². The van der Waals surface area contributed by atoms with Crippen LogP contribution in [0.4, 0.5) is 0 Å². The van der Waals surface area contributed by atoms with Gasteiger partial charge in [-0.2, -0.15) is 0 Å². The zero-order valence-electron chi connectivity index (χ0n) is 11.9. The standard InChI is InChI=1S/C17H18N3/c1-4-13-6-8-14(9-7-13)20-16(5-2)19-15-10-12(3)11-18-17(15)20/h6-11H,1,4-5H2,2-3H3. The molecule has 101 valence electrons. The number of aromatic nitrogens is 3. The second-order valence-corrected chi connectivity index (χ2v) is 4.99. The molecule has 0 fully saturated rings. The van der Waals surface area contributed by atoms with Crippen molar-refractivity contribution in [3.8, 4) is 5.69 Å². The zero-order chi connectivity index (χ0) is 14.1. The van der Waals surface area contributed by atoms with Gasteiger partial charge in [0.05, 0.1) is 0 Å². The lowest BCUT2D eigenvalue weighted by molar-refractivity contribution is 0.900. The topological polar surface area (TPSA) is 30.7 Å². The molecule has 1 aromatic carbocycles. The van der Waals surface area contributed by atoms with Crippen LogP contribution in [0.5, 0.6) is 0 Å². The Kier molecular flexibility index (Phi) is 3.26. The molecule has 0 saturated heterocycles. The van der Waals surface area contributed by atoms with Crippen molar-refractivity contribution in [2.75, 3.05) is 0 Å². The molecule has 0 N–H and O–H groups in total. The Morgan fingerprint density at radius 1 is 1.20 bits per heavy atom. The number of rotatable bonds is 3. The first-order valence-electron chi connectivity index (χ1n) is 6.95. The number of hydrogen-bond donors (Lipinski definition) is 0. The highest BCUT2D eigenvalue weighted by Gasteiger charge is 2.12. The van der Waals surface area contributed by atoms with Crippen molar-refractivity contribution in [2.24, 2.45) is 0 Å². The summed E-state index contributed by atoms with van der Waals surface area (Å²) >= 11 is 0. The fraction of sp³-hybridized carbons (Fsp3) is 0.235. The van der Waals surface area contributed by atoms with E-state index in [1.165, 1.54) is 5.56 Å². The minimum Gasteiger partial charge on any atom is -0.281 e. The van der Waals surface area contributed by atoms with Crippen molar-refractivity contribution in [3.63, 3.8) is 0 Å². The van der Waals surface area contributed by atoms with Crippen LogP contribution < -0.4 is 0 Å². The summed E-state index contributed by atoms with van der Waals surface area (Å²) in [6.45, 7) is 8.07. The van der Waals surface area contributed by atoms with Crippen LogP contribution in [0.2, 0.25) is 0 Å². The van der Waals surface area contributed by atoms with Gasteiger partial charge in [-0.3, -0.25) is 4.57 Å². The van der Waals surface area contributed by atoms with Gasteiger partial charge in [-0.25, -0.2) is 9.97 Å². The lowest BCUT2D eigenvalue weighted by Gasteiger charge is -2.08. The molecule has 2 heterocycles. The monoisotopic (exact) mass is 264 g/mol. The van der Waals surface area contributed by atoms with E-state index in [-0.39, 0.29) is 0 Å². The maximum Gasteiger partial charge on any atom is 0.164 e. The largest absolute Gasteiger partial charge is 0.281 e. The Hall–Kier alpha value is -2.16. The van der Waals surface area contributed by atoms with Gasteiger partial charge in [0.1, 0.15) is 11.3 Å². The number of benzene rings is 1. The van der Waals surface area contributed by atoms with Crippen LogP contribution in [0.1, 0.15) is 23.9 Å². The van der Waals surface area contributed by atoms with Crippen LogP contribution in [-0.4, -0.2) is 14.5 Å². The van der Waals surface area contributed by atoms with Gasteiger partial charge < -0.3 is 0 Å². The van der Waals surface area contributed by atoms with Crippen molar-refractivity contribution in [2.45, 2.75) is 26.7 Å². The molecule has 0 saturated carbocycles. The summed E-state index contributed by atoms with van der Waals surface area (Å²) in [5.41, 5.74) is 5.37. The van der Waals surface area contributed by atoms with Crippen molar-refractivity contribution in [1.29, 1.82) is 0 Å². The highest BCUT2D eigenvalue weighted by molar-refractivity contribution is 5.74. The molecule has 0 atom stereocenters. The summed E-state index contributed by atoms with van der Waals surface area (Å²) in [5, 5.41) is 0. The summed E-state index contributed by atoms with van der Waals surface area (Å²) in [6, 6.07) is 10.5. The summed E-state index contributed by atoms with van der Waals surface area (Å²) in [5.74, 6) is 1.04. The zero-order valence-corrected chi connectivity index (χ0v) is 11.9. The first kappa shape index (κ1) is 12.9. The predicted molar refractivity (Wildman–Crippen MR) is 82.0 cm³/mol. The molecule has 0 unspecified atom stereocenters. The molecule has 1 radical (unpaired) electrons. The van der Waals surface area contributed by atoms with Gasteiger partial charge in [-0.05, 0) is 49.6 Å². The Balaban J connectivity index is 2.22. The fourth-order valence-corrected chi connectivity index (χ4v) is 2.43. The number of nitrogens with zero attached hydrogens (tertiary/aromatic N) is 3. The third-order valence-corrected chi connectivity index (χ3v) is 3.50. The van der Waals surface area contributed by atoms with E-state index in [2.05, 4.69) is 53.7 Å².